The molecule has 1 aliphatic heterocycles. The molecule has 5 rings (SSSR count). The van der Waals surface area contributed by atoms with Crippen LogP contribution in [-0.4, -0.2) is 24.3 Å². The van der Waals surface area contributed by atoms with Crippen LogP contribution in [0.1, 0.15) is 30.3 Å². The van der Waals surface area contributed by atoms with Crippen LogP contribution < -0.4 is 19.6 Å². The number of allylic oxidation sites excluding steroid dienone is 1. The summed E-state index contributed by atoms with van der Waals surface area (Å²) in [5, 5.41) is 3.98. The zero-order valence-electron chi connectivity index (χ0n) is 18.9. The molecule has 8 heteroatoms. The molecule has 3 heterocycles. The summed E-state index contributed by atoms with van der Waals surface area (Å²) in [6.07, 6.45) is 1.86. The SMILES string of the molecule is CCOC(=O)C1=C(C)N=c2s/c(=C/c3c(OC)ccc4ccccc34)c(=O)n2C1c1cccs1. The molecule has 0 fully saturated rings. The molecule has 0 aliphatic carbocycles. The third-order valence-electron chi connectivity index (χ3n) is 5.76. The van der Waals surface area contributed by atoms with Crippen LogP contribution in [-0.2, 0) is 9.53 Å². The largest absolute Gasteiger partial charge is 0.496 e. The van der Waals surface area contributed by atoms with Crippen molar-refractivity contribution in [2.45, 2.75) is 19.9 Å². The second-order valence-electron chi connectivity index (χ2n) is 7.72. The minimum atomic E-state index is -0.577. The second-order valence-corrected chi connectivity index (χ2v) is 9.71. The first-order chi connectivity index (χ1) is 16.5. The maximum atomic E-state index is 13.8. The number of carbonyl (C=O) groups excluding carboxylic acids is 1. The fourth-order valence-corrected chi connectivity index (χ4v) is 6.09. The Bertz CT molecular complexity index is 1610. The fraction of sp³-hybridized carbons (Fsp3) is 0.192. The van der Waals surface area contributed by atoms with E-state index in [4.69, 9.17) is 9.47 Å². The van der Waals surface area contributed by atoms with Crippen molar-refractivity contribution in [3.63, 3.8) is 0 Å². The van der Waals surface area contributed by atoms with Gasteiger partial charge >= 0.3 is 5.97 Å². The summed E-state index contributed by atoms with van der Waals surface area (Å²) in [5.74, 6) is 0.231. The van der Waals surface area contributed by atoms with E-state index < -0.39 is 12.0 Å². The van der Waals surface area contributed by atoms with Gasteiger partial charge in [0.25, 0.3) is 5.56 Å². The van der Waals surface area contributed by atoms with Gasteiger partial charge in [-0.15, -0.1) is 11.3 Å². The number of methoxy groups -OCH3 is 1. The summed E-state index contributed by atoms with van der Waals surface area (Å²) in [5.41, 5.74) is 1.59. The first-order valence-corrected chi connectivity index (χ1v) is 12.5. The Morgan fingerprint density at radius 1 is 1.18 bits per heavy atom. The summed E-state index contributed by atoms with van der Waals surface area (Å²) in [7, 11) is 1.62. The van der Waals surface area contributed by atoms with Crippen LogP contribution in [0, 0.1) is 0 Å². The van der Waals surface area contributed by atoms with E-state index in [1.165, 1.54) is 22.7 Å². The topological polar surface area (TPSA) is 69.9 Å². The Kier molecular flexibility index (Phi) is 5.93. The van der Waals surface area contributed by atoms with Gasteiger partial charge in [0.2, 0.25) is 0 Å². The van der Waals surface area contributed by atoms with Crippen molar-refractivity contribution in [2.24, 2.45) is 4.99 Å². The van der Waals surface area contributed by atoms with E-state index in [1.54, 1.807) is 25.5 Å². The summed E-state index contributed by atoms with van der Waals surface area (Å²) >= 11 is 2.80. The number of thiazole rings is 1. The van der Waals surface area contributed by atoms with E-state index in [0.29, 0.717) is 26.4 Å². The average molecular weight is 491 g/mol. The Morgan fingerprint density at radius 3 is 2.74 bits per heavy atom. The monoisotopic (exact) mass is 490 g/mol. The summed E-state index contributed by atoms with van der Waals surface area (Å²) in [6.45, 7) is 3.80. The van der Waals surface area contributed by atoms with Gasteiger partial charge in [0.1, 0.15) is 11.8 Å². The number of hydrogen-bond donors (Lipinski definition) is 0. The van der Waals surface area contributed by atoms with E-state index in [9.17, 15) is 9.59 Å². The Morgan fingerprint density at radius 2 is 2.00 bits per heavy atom. The summed E-state index contributed by atoms with van der Waals surface area (Å²) in [6, 6.07) is 15.2. The van der Waals surface area contributed by atoms with Crippen LogP contribution in [0.5, 0.6) is 5.75 Å². The molecule has 1 aliphatic rings. The van der Waals surface area contributed by atoms with Crippen LogP contribution >= 0.6 is 22.7 Å². The number of nitrogens with zero attached hydrogens (tertiary/aromatic N) is 2. The number of benzene rings is 2. The summed E-state index contributed by atoms with van der Waals surface area (Å²) < 4.78 is 13.1. The maximum Gasteiger partial charge on any atom is 0.338 e. The van der Waals surface area contributed by atoms with Crippen LogP contribution in [0.3, 0.4) is 0 Å². The van der Waals surface area contributed by atoms with Crippen LogP contribution in [0.4, 0.5) is 0 Å². The van der Waals surface area contributed by atoms with Gasteiger partial charge in [-0.1, -0.05) is 47.7 Å². The van der Waals surface area contributed by atoms with E-state index in [1.807, 2.05) is 60.0 Å². The molecule has 1 unspecified atom stereocenters. The smallest absolute Gasteiger partial charge is 0.338 e. The van der Waals surface area contributed by atoms with Crippen LogP contribution in [0.2, 0.25) is 0 Å². The molecule has 0 bridgehead atoms. The minimum Gasteiger partial charge on any atom is -0.496 e. The van der Waals surface area contributed by atoms with Gasteiger partial charge < -0.3 is 9.47 Å². The molecule has 172 valence electrons. The highest BCUT2D eigenvalue weighted by Gasteiger charge is 2.33. The molecule has 0 N–H and O–H groups in total. The van der Waals surface area contributed by atoms with Gasteiger partial charge in [0.15, 0.2) is 4.80 Å². The predicted octanol–water partition coefficient (Wildman–Crippen LogP) is 4.02. The van der Waals surface area contributed by atoms with Crippen molar-refractivity contribution in [2.75, 3.05) is 13.7 Å². The van der Waals surface area contributed by atoms with Gasteiger partial charge in [-0.3, -0.25) is 9.36 Å². The molecule has 0 saturated heterocycles. The van der Waals surface area contributed by atoms with E-state index in [0.717, 1.165) is 21.2 Å². The third kappa shape index (κ3) is 3.69. The number of aromatic nitrogens is 1. The maximum absolute atomic E-state index is 13.8. The lowest BCUT2D eigenvalue weighted by atomic mass is 10.0. The van der Waals surface area contributed by atoms with Gasteiger partial charge in [-0.05, 0) is 48.2 Å². The first-order valence-electron chi connectivity index (χ1n) is 10.8. The minimum absolute atomic E-state index is 0.202. The highest BCUT2D eigenvalue weighted by atomic mass is 32.1. The quantitative estimate of drug-likeness (QED) is 0.396. The van der Waals surface area contributed by atoms with Crippen molar-refractivity contribution in [1.82, 2.24) is 4.57 Å². The fourth-order valence-electron chi connectivity index (χ4n) is 4.24. The predicted molar refractivity (Wildman–Crippen MR) is 135 cm³/mol. The average Bonchev–Trinajstić information content (AvgIpc) is 3.47. The molecule has 2 aromatic carbocycles. The number of ether oxygens (including phenoxy) is 2. The van der Waals surface area contributed by atoms with E-state index in [-0.39, 0.29) is 12.2 Å². The van der Waals surface area contributed by atoms with Gasteiger partial charge in [-0.2, -0.15) is 0 Å². The normalized spacial score (nSPS) is 15.9. The molecule has 0 radical (unpaired) electrons. The zero-order valence-corrected chi connectivity index (χ0v) is 20.5. The van der Waals surface area contributed by atoms with Crippen molar-refractivity contribution in [3.05, 3.63) is 95.3 Å². The first kappa shape index (κ1) is 22.3. The highest BCUT2D eigenvalue weighted by Crippen LogP contribution is 2.33. The summed E-state index contributed by atoms with van der Waals surface area (Å²) in [4.78, 5) is 32.7. The van der Waals surface area contributed by atoms with Crippen molar-refractivity contribution >= 4 is 45.5 Å². The number of hydrogen-bond acceptors (Lipinski definition) is 7. The lowest BCUT2D eigenvalue weighted by molar-refractivity contribution is -0.139. The molecule has 0 spiro atoms. The van der Waals surface area contributed by atoms with Crippen molar-refractivity contribution < 1.29 is 14.3 Å². The number of carbonyl (C=O) groups is 1. The molecule has 34 heavy (non-hydrogen) atoms. The molecular weight excluding hydrogens is 468 g/mol. The molecular formula is C26H22N2O4S2. The Labute approximate surface area is 203 Å². The molecule has 0 amide bonds. The third-order valence-corrected chi connectivity index (χ3v) is 7.66. The number of esters is 1. The van der Waals surface area contributed by atoms with Crippen LogP contribution in [0.15, 0.2) is 75.0 Å². The molecule has 6 nitrogen and oxygen atoms in total. The van der Waals surface area contributed by atoms with E-state index in [2.05, 4.69) is 4.99 Å². The lowest BCUT2D eigenvalue weighted by Crippen LogP contribution is -2.39. The van der Waals surface area contributed by atoms with Crippen LogP contribution in [0.25, 0.3) is 16.8 Å². The molecule has 1 atom stereocenters. The Hall–Kier alpha value is -3.49. The Balaban J connectivity index is 1.77. The van der Waals surface area contributed by atoms with Crippen molar-refractivity contribution in [3.8, 4) is 5.75 Å². The molecule has 4 aromatic rings. The van der Waals surface area contributed by atoms with E-state index >= 15 is 0 Å². The lowest BCUT2D eigenvalue weighted by Gasteiger charge is -2.23. The van der Waals surface area contributed by atoms with Crippen molar-refractivity contribution in [1.29, 1.82) is 0 Å². The molecule has 2 aromatic heterocycles. The molecule has 0 saturated carbocycles. The number of rotatable bonds is 5. The second kappa shape index (κ2) is 9.04. The standard InChI is InChI=1S/C26H22N2O4S2/c1-4-32-25(30)22-15(2)27-26-28(23(22)20-10-7-13-33-20)24(29)21(34-26)14-18-17-9-6-5-8-16(17)11-12-19(18)31-3/h5-14,23H,4H2,1-3H3/b21-14+. The zero-order chi connectivity index (χ0) is 23.8. The van der Waals surface area contributed by atoms with Gasteiger partial charge in [0, 0.05) is 10.4 Å². The number of fused-ring (bicyclic) bond motifs is 2. The number of thiophene rings is 1. The highest BCUT2D eigenvalue weighted by molar-refractivity contribution is 7.10. The van der Waals surface area contributed by atoms with Gasteiger partial charge in [0.05, 0.1) is 29.5 Å². The van der Waals surface area contributed by atoms with Gasteiger partial charge in [-0.25, -0.2) is 9.79 Å².